The summed E-state index contributed by atoms with van der Waals surface area (Å²) in [6.45, 7) is 0.472. The van der Waals surface area contributed by atoms with Crippen LogP contribution < -0.4 is 4.74 Å². The number of para-hydroxylation sites is 3. The van der Waals surface area contributed by atoms with Gasteiger partial charge >= 0.3 is 0 Å². The maximum absolute atomic E-state index is 10.0. The molecule has 6 nitrogen and oxygen atoms in total. The van der Waals surface area contributed by atoms with Crippen LogP contribution in [0.5, 0.6) is 5.75 Å². The lowest BCUT2D eigenvalue weighted by Gasteiger charge is -2.08. The van der Waals surface area contributed by atoms with Crippen molar-refractivity contribution in [3.63, 3.8) is 0 Å². The van der Waals surface area contributed by atoms with Crippen LogP contribution in [0.1, 0.15) is 17.0 Å². The number of ether oxygens (including phenoxy) is 1. The Bertz CT molecular complexity index is 1740. The molecule has 0 saturated carbocycles. The van der Waals surface area contributed by atoms with Crippen molar-refractivity contribution in [1.29, 1.82) is 5.26 Å². The van der Waals surface area contributed by atoms with E-state index in [9.17, 15) is 5.26 Å². The van der Waals surface area contributed by atoms with E-state index in [-0.39, 0.29) is 0 Å². The molecule has 6 heteroatoms. The van der Waals surface area contributed by atoms with Crippen molar-refractivity contribution < 1.29 is 4.74 Å². The summed E-state index contributed by atoms with van der Waals surface area (Å²) in [7, 11) is 0. The number of fused-ring (bicyclic) bond motifs is 1. The van der Waals surface area contributed by atoms with Crippen LogP contribution in [-0.4, -0.2) is 19.7 Å². The van der Waals surface area contributed by atoms with Crippen LogP contribution in [0.4, 0.5) is 0 Å². The van der Waals surface area contributed by atoms with Gasteiger partial charge in [-0.1, -0.05) is 72.8 Å². The van der Waals surface area contributed by atoms with E-state index in [2.05, 4.69) is 16.0 Å². The zero-order valence-electron chi connectivity index (χ0n) is 20.5. The smallest absolute Gasteiger partial charge is 0.149 e. The van der Waals surface area contributed by atoms with Crippen LogP contribution in [0.3, 0.4) is 0 Å². The molecule has 38 heavy (non-hydrogen) atoms. The van der Waals surface area contributed by atoms with Crippen LogP contribution >= 0.6 is 0 Å². The topological polar surface area (TPSA) is 79.5 Å². The standard InChI is InChI=1S/C32H23N5O/c33-20-25(32-34-29-16-7-8-17-30(29)35-32)18-26-21-37(27-13-5-2-6-14-27)36-31(26)24-12-9-15-28(19-24)38-22-23-10-3-1-4-11-23/h1-19,21H,22H2,(H,34,35). The van der Waals surface area contributed by atoms with Gasteiger partial charge in [0.05, 0.1) is 22.3 Å². The minimum atomic E-state index is 0.423. The van der Waals surface area contributed by atoms with Crippen molar-refractivity contribution in [3.05, 3.63) is 132 Å². The number of nitrogens with zero attached hydrogens (tertiary/aromatic N) is 4. The van der Waals surface area contributed by atoms with Crippen molar-refractivity contribution in [2.24, 2.45) is 0 Å². The summed E-state index contributed by atoms with van der Waals surface area (Å²) in [5.41, 5.74) is 6.56. The van der Waals surface area contributed by atoms with Gasteiger partial charge in [-0.25, -0.2) is 9.67 Å². The molecule has 0 aliphatic rings. The summed E-state index contributed by atoms with van der Waals surface area (Å²) in [6.07, 6.45) is 3.76. The normalized spacial score (nSPS) is 11.4. The molecular weight excluding hydrogens is 470 g/mol. The Kier molecular flexibility index (Phi) is 6.23. The molecule has 0 bridgehead atoms. The van der Waals surface area contributed by atoms with E-state index in [4.69, 9.17) is 9.84 Å². The van der Waals surface area contributed by atoms with E-state index < -0.39 is 0 Å². The van der Waals surface area contributed by atoms with Crippen molar-refractivity contribution in [2.75, 3.05) is 0 Å². The van der Waals surface area contributed by atoms with Gasteiger partial charge in [0.2, 0.25) is 0 Å². The molecule has 0 fully saturated rings. The zero-order valence-corrected chi connectivity index (χ0v) is 20.5. The molecule has 0 amide bonds. The summed E-state index contributed by atoms with van der Waals surface area (Å²) in [4.78, 5) is 7.88. The van der Waals surface area contributed by atoms with E-state index in [1.165, 1.54) is 0 Å². The predicted molar refractivity (Wildman–Crippen MR) is 149 cm³/mol. The van der Waals surface area contributed by atoms with Gasteiger partial charge in [0.1, 0.15) is 29.9 Å². The van der Waals surface area contributed by atoms with Crippen molar-refractivity contribution in [1.82, 2.24) is 19.7 Å². The Hall–Kier alpha value is -5.41. The molecule has 6 aromatic rings. The number of hydrogen-bond donors (Lipinski definition) is 1. The third-order valence-electron chi connectivity index (χ3n) is 6.18. The van der Waals surface area contributed by atoms with Gasteiger partial charge in [-0.15, -0.1) is 0 Å². The highest BCUT2D eigenvalue weighted by molar-refractivity contribution is 5.92. The highest BCUT2D eigenvalue weighted by atomic mass is 16.5. The molecule has 0 atom stereocenters. The second-order valence-electron chi connectivity index (χ2n) is 8.79. The quantitative estimate of drug-likeness (QED) is 0.242. The van der Waals surface area contributed by atoms with Crippen LogP contribution in [0.15, 0.2) is 115 Å². The van der Waals surface area contributed by atoms with E-state index >= 15 is 0 Å². The Balaban J connectivity index is 1.41. The molecule has 182 valence electrons. The minimum Gasteiger partial charge on any atom is -0.489 e. The predicted octanol–water partition coefficient (Wildman–Crippen LogP) is 7.06. The molecule has 6 rings (SSSR count). The third-order valence-corrected chi connectivity index (χ3v) is 6.18. The van der Waals surface area contributed by atoms with Crippen molar-refractivity contribution in [2.45, 2.75) is 6.61 Å². The molecule has 2 aromatic heterocycles. The maximum Gasteiger partial charge on any atom is 0.149 e. The summed E-state index contributed by atoms with van der Waals surface area (Å²) in [6, 6.07) is 37.9. The monoisotopic (exact) mass is 493 g/mol. The second-order valence-corrected chi connectivity index (χ2v) is 8.79. The largest absolute Gasteiger partial charge is 0.489 e. The first kappa shape index (κ1) is 23.0. The molecular formula is C32H23N5O. The molecule has 0 aliphatic carbocycles. The van der Waals surface area contributed by atoms with Crippen molar-refractivity contribution >= 4 is 22.7 Å². The Morgan fingerprint density at radius 1 is 0.895 bits per heavy atom. The maximum atomic E-state index is 10.0. The second kappa shape index (κ2) is 10.3. The van der Waals surface area contributed by atoms with E-state index in [1.54, 1.807) is 0 Å². The molecule has 0 spiro atoms. The van der Waals surface area contributed by atoms with Gasteiger partial charge in [-0.05, 0) is 48.0 Å². The summed E-state index contributed by atoms with van der Waals surface area (Å²) >= 11 is 0. The lowest BCUT2D eigenvalue weighted by Crippen LogP contribution is -1.96. The first-order chi connectivity index (χ1) is 18.8. The Labute approximate surface area is 220 Å². The summed E-state index contributed by atoms with van der Waals surface area (Å²) in [5.74, 6) is 1.26. The van der Waals surface area contributed by atoms with Crippen molar-refractivity contribution in [3.8, 4) is 28.8 Å². The fraction of sp³-hybridized carbons (Fsp3) is 0.0312. The minimum absolute atomic E-state index is 0.423. The number of allylic oxidation sites excluding steroid dienone is 1. The van der Waals surface area contributed by atoms with Crippen LogP contribution in [-0.2, 0) is 6.61 Å². The lowest BCUT2D eigenvalue weighted by molar-refractivity contribution is 0.306. The first-order valence-electron chi connectivity index (χ1n) is 12.3. The van der Waals surface area contributed by atoms with E-state index in [0.29, 0.717) is 18.0 Å². The number of nitriles is 1. The summed E-state index contributed by atoms with van der Waals surface area (Å²) in [5, 5.41) is 15.0. The van der Waals surface area contributed by atoms with Gasteiger partial charge in [0, 0.05) is 17.3 Å². The van der Waals surface area contributed by atoms with Gasteiger partial charge in [-0.2, -0.15) is 10.4 Å². The van der Waals surface area contributed by atoms with Crippen LogP contribution in [0, 0.1) is 11.3 Å². The average Bonchev–Trinajstić information content (AvgIpc) is 3.60. The van der Waals surface area contributed by atoms with Gasteiger partial charge in [0.15, 0.2) is 0 Å². The fourth-order valence-electron chi connectivity index (χ4n) is 4.29. The number of imidazole rings is 1. The molecule has 0 aliphatic heterocycles. The summed E-state index contributed by atoms with van der Waals surface area (Å²) < 4.78 is 7.90. The number of aromatic nitrogens is 4. The number of rotatable bonds is 7. The van der Waals surface area contributed by atoms with Gasteiger partial charge in [0.25, 0.3) is 0 Å². The highest BCUT2D eigenvalue weighted by Crippen LogP contribution is 2.30. The number of H-pyrrole nitrogens is 1. The molecule has 1 N–H and O–H groups in total. The number of benzene rings is 4. The van der Waals surface area contributed by atoms with Gasteiger partial charge < -0.3 is 9.72 Å². The SMILES string of the molecule is N#CC(=Cc1cn(-c2ccccc2)nc1-c1cccc(OCc2ccccc2)c1)c1nc2ccccc2[nH]1. The lowest BCUT2D eigenvalue weighted by atomic mass is 10.1. The fourth-order valence-corrected chi connectivity index (χ4v) is 4.29. The molecule has 4 aromatic carbocycles. The van der Waals surface area contributed by atoms with E-state index in [1.807, 2.05) is 126 Å². The van der Waals surface area contributed by atoms with E-state index in [0.717, 1.165) is 44.9 Å². The number of hydrogen-bond acceptors (Lipinski definition) is 4. The highest BCUT2D eigenvalue weighted by Gasteiger charge is 2.15. The average molecular weight is 494 g/mol. The van der Waals surface area contributed by atoms with Crippen LogP contribution in [0.25, 0.3) is 39.6 Å². The number of nitrogens with one attached hydrogen (secondary N) is 1. The number of aromatic amines is 1. The zero-order chi connectivity index (χ0) is 25.7. The molecule has 0 unspecified atom stereocenters. The molecule has 0 saturated heterocycles. The third kappa shape index (κ3) is 4.81. The Morgan fingerprint density at radius 3 is 2.45 bits per heavy atom. The van der Waals surface area contributed by atoms with Crippen LogP contribution in [0.2, 0.25) is 0 Å². The Morgan fingerprint density at radius 2 is 1.66 bits per heavy atom. The molecule has 2 heterocycles. The first-order valence-corrected chi connectivity index (χ1v) is 12.3. The molecule has 0 radical (unpaired) electrons. The van der Waals surface area contributed by atoms with Gasteiger partial charge in [-0.3, -0.25) is 0 Å².